The summed E-state index contributed by atoms with van der Waals surface area (Å²) in [4.78, 5) is 10.8. The Hall–Kier alpha value is -1.57. The van der Waals surface area contributed by atoms with Crippen LogP contribution in [0.25, 0.3) is 6.08 Å². The lowest BCUT2D eigenvalue weighted by Gasteiger charge is -2.04. The van der Waals surface area contributed by atoms with Crippen LogP contribution >= 0.6 is 0 Å². The topological polar surface area (TPSA) is 26.3 Å². The molecule has 0 heterocycles. The van der Waals surface area contributed by atoms with E-state index < -0.39 is 0 Å². The number of esters is 1. The third-order valence-electron chi connectivity index (χ3n) is 3.46. The number of benzene rings is 1. The first-order valence-corrected chi connectivity index (χ1v) is 8.01. The average molecular weight is 288 g/mol. The van der Waals surface area contributed by atoms with E-state index in [1.165, 1.54) is 51.0 Å². The maximum Gasteiger partial charge on any atom is 0.302 e. The summed E-state index contributed by atoms with van der Waals surface area (Å²) in [5.41, 5.74) is 3.62. The number of carbonyl (C=O) groups excluding carboxylic acids is 1. The second-order valence-electron chi connectivity index (χ2n) is 5.68. The lowest BCUT2D eigenvalue weighted by molar-refractivity contribution is -0.139. The molecular formula is C19H28O2. The standard InChI is InChI=1S/C19H28O2/c1-4-5-6-7-8-9-18-10-12-19(13-11-18)14-16(2)15-21-17(3)20/h10-14H,4-9,15H2,1-3H3. The molecule has 0 aliphatic rings. The number of hydrogen-bond acceptors (Lipinski definition) is 2. The Morgan fingerprint density at radius 2 is 1.71 bits per heavy atom. The van der Waals surface area contributed by atoms with Crippen LogP contribution in [0.5, 0.6) is 0 Å². The van der Waals surface area contributed by atoms with Gasteiger partial charge in [-0.1, -0.05) is 62.9 Å². The first-order chi connectivity index (χ1) is 10.1. The summed E-state index contributed by atoms with van der Waals surface area (Å²) < 4.78 is 4.98. The highest BCUT2D eigenvalue weighted by molar-refractivity contribution is 5.66. The van der Waals surface area contributed by atoms with Crippen LogP contribution in [0.3, 0.4) is 0 Å². The predicted molar refractivity (Wildman–Crippen MR) is 89.2 cm³/mol. The molecule has 0 saturated heterocycles. The van der Waals surface area contributed by atoms with Crippen molar-refractivity contribution in [2.75, 3.05) is 6.61 Å². The van der Waals surface area contributed by atoms with Crippen LogP contribution in [-0.4, -0.2) is 12.6 Å². The molecule has 0 amide bonds. The van der Waals surface area contributed by atoms with E-state index in [-0.39, 0.29) is 5.97 Å². The Balaban J connectivity index is 2.39. The van der Waals surface area contributed by atoms with Gasteiger partial charge in [-0.25, -0.2) is 0 Å². The van der Waals surface area contributed by atoms with Gasteiger partial charge in [0.05, 0.1) is 0 Å². The van der Waals surface area contributed by atoms with E-state index in [9.17, 15) is 4.79 Å². The SMILES string of the molecule is CCCCCCCc1ccc(C=C(C)COC(C)=O)cc1. The maximum absolute atomic E-state index is 10.8. The molecule has 21 heavy (non-hydrogen) atoms. The second kappa shape index (κ2) is 10.2. The Bertz CT molecular complexity index is 443. The molecule has 1 rings (SSSR count). The van der Waals surface area contributed by atoms with Gasteiger partial charge >= 0.3 is 5.97 Å². The van der Waals surface area contributed by atoms with Crippen molar-refractivity contribution in [2.24, 2.45) is 0 Å². The van der Waals surface area contributed by atoms with E-state index in [0.717, 1.165) is 11.1 Å². The molecule has 2 heteroatoms. The monoisotopic (exact) mass is 288 g/mol. The summed E-state index contributed by atoms with van der Waals surface area (Å²) in [7, 11) is 0. The van der Waals surface area contributed by atoms with Crippen molar-refractivity contribution in [3.05, 3.63) is 41.0 Å². The summed E-state index contributed by atoms with van der Waals surface area (Å²) in [5.74, 6) is -0.235. The first kappa shape index (κ1) is 17.5. The summed E-state index contributed by atoms with van der Waals surface area (Å²) >= 11 is 0. The smallest absolute Gasteiger partial charge is 0.302 e. The van der Waals surface area contributed by atoms with Gasteiger partial charge in [0.15, 0.2) is 0 Å². The van der Waals surface area contributed by atoms with Gasteiger partial charge in [-0.3, -0.25) is 4.79 Å². The van der Waals surface area contributed by atoms with Crippen LogP contribution in [0.2, 0.25) is 0 Å². The van der Waals surface area contributed by atoms with Gasteiger partial charge in [-0.05, 0) is 36.5 Å². The zero-order valence-corrected chi connectivity index (χ0v) is 13.7. The molecule has 0 saturated carbocycles. The molecule has 2 nitrogen and oxygen atoms in total. The van der Waals surface area contributed by atoms with Crippen LogP contribution < -0.4 is 0 Å². The minimum atomic E-state index is -0.235. The number of hydrogen-bond donors (Lipinski definition) is 0. The zero-order valence-electron chi connectivity index (χ0n) is 13.7. The van der Waals surface area contributed by atoms with Gasteiger partial charge < -0.3 is 4.74 Å². The fraction of sp³-hybridized carbons (Fsp3) is 0.526. The molecule has 1 aromatic rings. The Kier molecular flexibility index (Phi) is 8.49. The molecule has 0 spiro atoms. The van der Waals surface area contributed by atoms with Gasteiger partial charge in [-0.15, -0.1) is 0 Å². The molecule has 116 valence electrons. The van der Waals surface area contributed by atoms with Crippen LogP contribution in [0.1, 0.15) is 64.0 Å². The van der Waals surface area contributed by atoms with Crippen molar-refractivity contribution < 1.29 is 9.53 Å². The van der Waals surface area contributed by atoms with Crippen molar-refractivity contribution in [3.63, 3.8) is 0 Å². The van der Waals surface area contributed by atoms with Crippen LogP contribution in [-0.2, 0) is 16.0 Å². The minimum absolute atomic E-state index is 0.235. The van der Waals surface area contributed by atoms with Gasteiger partial charge in [0.1, 0.15) is 6.61 Å². The van der Waals surface area contributed by atoms with Crippen molar-refractivity contribution in [1.29, 1.82) is 0 Å². The molecule has 0 aliphatic heterocycles. The molecule has 0 unspecified atom stereocenters. The molecule has 0 atom stereocenters. The number of carbonyl (C=O) groups is 1. The van der Waals surface area contributed by atoms with E-state index in [2.05, 4.69) is 37.3 Å². The highest BCUT2D eigenvalue weighted by atomic mass is 16.5. The molecule has 0 fully saturated rings. The molecular weight excluding hydrogens is 260 g/mol. The van der Waals surface area contributed by atoms with Gasteiger partial charge in [0.25, 0.3) is 0 Å². The normalized spacial score (nSPS) is 11.5. The van der Waals surface area contributed by atoms with Gasteiger partial charge in [0.2, 0.25) is 0 Å². The Morgan fingerprint density at radius 3 is 2.33 bits per heavy atom. The quantitative estimate of drug-likeness (QED) is 0.463. The Labute approximate surface area is 129 Å². The summed E-state index contributed by atoms with van der Waals surface area (Å²) in [5, 5.41) is 0. The largest absolute Gasteiger partial charge is 0.461 e. The fourth-order valence-corrected chi connectivity index (χ4v) is 2.25. The van der Waals surface area contributed by atoms with Crippen molar-refractivity contribution >= 4 is 12.0 Å². The van der Waals surface area contributed by atoms with E-state index in [1.807, 2.05) is 6.92 Å². The van der Waals surface area contributed by atoms with E-state index >= 15 is 0 Å². The summed E-state index contributed by atoms with van der Waals surface area (Å²) in [6.07, 6.45) is 9.84. The van der Waals surface area contributed by atoms with Crippen LogP contribution in [0.4, 0.5) is 0 Å². The zero-order chi connectivity index (χ0) is 15.5. The molecule has 0 aliphatic carbocycles. The maximum atomic E-state index is 10.8. The van der Waals surface area contributed by atoms with E-state index in [1.54, 1.807) is 0 Å². The highest BCUT2D eigenvalue weighted by Gasteiger charge is 1.97. The molecule has 0 radical (unpaired) electrons. The minimum Gasteiger partial charge on any atom is -0.461 e. The van der Waals surface area contributed by atoms with Crippen LogP contribution in [0.15, 0.2) is 29.8 Å². The number of rotatable bonds is 9. The van der Waals surface area contributed by atoms with Crippen LogP contribution in [0, 0.1) is 0 Å². The molecule has 1 aromatic carbocycles. The van der Waals surface area contributed by atoms with E-state index in [0.29, 0.717) is 6.61 Å². The third-order valence-corrected chi connectivity index (χ3v) is 3.46. The highest BCUT2D eigenvalue weighted by Crippen LogP contribution is 2.12. The van der Waals surface area contributed by atoms with Gasteiger partial charge in [-0.2, -0.15) is 0 Å². The molecule has 0 aromatic heterocycles. The number of aryl methyl sites for hydroxylation is 1. The Morgan fingerprint density at radius 1 is 1.05 bits per heavy atom. The van der Waals surface area contributed by atoms with Crippen molar-refractivity contribution in [3.8, 4) is 0 Å². The lowest BCUT2D eigenvalue weighted by atomic mass is 10.0. The molecule has 0 bridgehead atoms. The number of ether oxygens (including phenoxy) is 1. The summed E-state index contributed by atoms with van der Waals surface area (Å²) in [6, 6.07) is 8.67. The lowest BCUT2D eigenvalue weighted by Crippen LogP contribution is -2.01. The third kappa shape index (κ3) is 8.34. The molecule has 0 N–H and O–H groups in total. The predicted octanol–water partition coefficient (Wildman–Crippen LogP) is 5.17. The first-order valence-electron chi connectivity index (χ1n) is 8.01. The average Bonchev–Trinajstić information content (AvgIpc) is 2.47. The number of unbranched alkanes of at least 4 members (excludes halogenated alkanes) is 4. The summed E-state index contributed by atoms with van der Waals surface area (Å²) in [6.45, 7) is 6.03. The van der Waals surface area contributed by atoms with Crippen molar-refractivity contribution in [1.82, 2.24) is 0 Å². The fourth-order valence-electron chi connectivity index (χ4n) is 2.25. The van der Waals surface area contributed by atoms with Gasteiger partial charge in [0, 0.05) is 6.92 Å². The second-order valence-corrected chi connectivity index (χ2v) is 5.68. The van der Waals surface area contributed by atoms with E-state index in [4.69, 9.17) is 4.74 Å². The van der Waals surface area contributed by atoms with Crippen molar-refractivity contribution in [2.45, 2.75) is 59.3 Å².